The molecule has 0 bridgehead atoms. The minimum absolute atomic E-state index is 0.941. The van der Waals surface area contributed by atoms with Crippen LogP contribution in [0.4, 0.5) is 5.69 Å². The maximum absolute atomic E-state index is 4.11. The van der Waals surface area contributed by atoms with Gasteiger partial charge >= 0.3 is 0 Å². The SMILES string of the molecule is Cc1ccncc1NCCc1ccccc1. The number of anilines is 1. The first kappa shape index (κ1) is 10.7. The number of pyridine rings is 1. The van der Waals surface area contributed by atoms with Crippen molar-refractivity contribution < 1.29 is 0 Å². The largest absolute Gasteiger partial charge is 0.383 e. The zero-order valence-corrected chi connectivity index (χ0v) is 9.48. The lowest BCUT2D eigenvalue weighted by atomic mass is 10.1. The van der Waals surface area contributed by atoms with Crippen LogP contribution in [0.5, 0.6) is 0 Å². The summed E-state index contributed by atoms with van der Waals surface area (Å²) in [5.41, 5.74) is 3.72. The van der Waals surface area contributed by atoms with Gasteiger partial charge < -0.3 is 5.32 Å². The highest BCUT2D eigenvalue weighted by Gasteiger charge is 1.96. The fourth-order valence-corrected chi connectivity index (χ4v) is 1.64. The van der Waals surface area contributed by atoms with Gasteiger partial charge in [-0.1, -0.05) is 30.3 Å². The summed E-state index contributed by atoms with van der Waals surface area (Å²) in [5.74, 6) is 0. The topological polar surface area (TPSA) is 24.9 Å². The summed E-state index contributed by atoms with van der Waals surface area (Å²) in [7, 11) is 0. The number of nitrogens with zero attached hydrogens (tertiary/aromatic N) is 1. The summed E-state index contributed by atoms with van der Waals surface area (Å²) in [5, 5.41) is 3.40. The number of aromatic nitrogens is 1. The molecule has 0 unspecified atom stereocenters. The number of hydrogen-bond acceptors (Lipinski definition) is 2. The van der Waals surface area contributed by atoms with Crippen LogP contribution >= 0.6 is 0 Å². The van der Waals surface area contributed by atoms with Crippen LogP contribution in [0.1, 0.15) is 11.1 Å². The summed E-state index contributed by atoms with van der Waals surface area (Å²) in [6.07, 6.45) is 4.73. The van der Waals surface area contributed by atoms with E-state index in [1.807, 2.05) is 24.5 Å². The van der Waals surface area contributed by atoms with Crippen molar-refractivity contribution in [3.05, 3.63) is 59.9 Å². The predicted molar refractivity (Wildman–Crippen MR) is 67.6 cm³/mol. The Hall–Kier alpha value is -1.83. The molecule has 82 valence electrons. The van der Waals surface area contributed by atoms with Gasteiger partial charge in [0.05, 0.1) is 11.9 Å². The summed E-state index contributed by atoms with van der Waals surface area (Å²) >= 11 is 0. The van der Waals surface area contributed by atoms with Crippen LogP contribution in [0.2, 0.25) is 0 Å². The van der Waals surface area contributed by atoms with E-state index in [1.54, 1.807) is 0 Å². The Morgan fingerprint density at radius 1 is 1.12 bits per heavy atom. The predicted octanol–water partition coefficient (Wildman–Crippen LogP) is 3.04. The van der Waals surface area contributed by atoms with Crippen LogP contribution in [0.3, 0.4) is 0 Å². The fourth-order valence-electron chi connectivity index (χ4n) is 1.64. The highest BCUT2D eigenvalue weighted by Crippen LogP contribution is 2.11. The summed E-state index contributed by atoms with van der Waals surface area (Å²) in [6.45, 7) is 3.03. The van der Waals surface area contributed by atoms with Crippen LogP contribution in [0, 0.1) is 6.92 Å². The van der Waals surface area contributed by atoms with Gasteiger partial charge in [-0.3, -0.25) is 4.98 Å². The average molecular weight is 212 g/mol. The molecule has 1 aromatic carbocycles. The van der Waals surface area contributed by atoms with Crippen LogP contribution < -0.4 is 5.32 Å². The Morgan fingerprint density at radius 2 is 1.94 bits per heavy atom. The van der Waals surface area contributed by atoms with Gasteiger partial charge in [-0.15, -0.1) is 0 Å². The third-order valence-corrected chi connectivity index (χ3v) is 2.61. The smallest absolute Gasteiger partial charge is 0.0556 e. The quantitative estimate of drug-likeness (QED) is 0.842. The number of nitrogens with one attached hydrogen (secondary N) is 1. The van der Waals surface area contributed by atoms with Gasteiger partial charge in [0, 0.05) is 12.7 Å². The molecule has 0 radical (unpaired) electrons. The molecule has 1 heterocycles. The van der Waals surface area contributed by atoms with Gasteiger partial charge in [-0.05, 0) is 30.5 Å². The molecule has 1 N–H and O–H groups in total. The molecular formula is C14H16N2. The van der Waals surface area contributed by atoms with Crippen molar-refractivity contribution in [1.82, 2.24) is 4.98 Å². The summed E-state index contributed by atoms with van der Waals surface area (Å²) in [4.78, 5) is 4.11. The van der Waals surface area contributed by atoms with Crippen molar-refractivity contribution in [2.75, 3.05) is 11.9 Å². The first-order valence-electron chi connectivity index (χ1n) is 5.54. The van der Waals surface area contributed by atoms with Crippen LogP contribution in [0.25, 0.3) is 0 Å². The molecule has 2 nitrogen and oxygen atoms in total. The van der Waals surface area contributed by atoms with E-state index in [1.165, 1.54) is 11.1 Å². The van der Waals surface area contributed by atoms with Crippen molar-refractivity contribution in [2.24, 2.45) is 0 Å². The second kappa shape index (κ2) is 5.31. The molecule has 0 saturated carbocycles. The molecule has 2 heteroatoms. The van der Waals surface area contributed by atoms with E-state index in [4.69, 9.17) is 0 Å². The van der Waals surface area contributed by atoms with Crippen molar-refractivity contribution in [3.63, 3.8) is 0 Å². The van der Waals surface area contributed by atoms with Crippen molar-refractivity contribution in [2.45, 2.75) is 13.3 Å². The maximum atomic E-state index is 4.11. The van der Waals surface area contributed by atoms with E-state index in [-0.39, 0.29) is 0 Å². The molecule has 16 heavy (non-hydrogen) atoms. The molecule has 0 aliphatic carbocycles. The highest BCUT2D eigenvalue weighted by molar-refractivity contribution is 5.47. The van der Waals surface area contributed by atoms with Crippen LogP contribution in [-0.4, -0.2) is 11.5 Å². The van der Waals surface area contributed by atoms with E-state index in [9.17, 15) is 0 Å². The summed E-state index contributed by atoms with van der Waals surface area (Å²) in [6, 6.07) is 12.5. The summed E-state index contributed by atoms with van der Waals surface area (Å²) < 4.78 is 0. The highest BCUT2D eigenvalue weighted by atomic mass is 14.9. The lowest BCUT2D eigenvalue weighted by Gasteiger charge is -2.08. The van der Waals surface area contributed by atoms with Crippen LogP contribution in [0.15, 0.2) is 48.8 Å². The lowest BCUT2D eigenvalue weighted by Crippen LogP contribution is -2.06. The normalized spacial score (nSPS) is 10.1. The van der Waals surface area contributed by atoms with Crippen molar-refractivity contribution in [3.8, 4) is 0 Å². The van der Waals surface area contributed by atoms with Crippen molar-refractivity contribution in [1.29, 1.82) is 0 Å². The van der Waals surface area contributed by atoms with Gasteiger partial charge in [-0.25, -0.2) is 0 Å². The van der Waals surface area contributed by atoms with E-state index in [2.05, 4.69) is 41.5 Å². The van der Waals surface area contributed by atoms with Crippen molar-refractivity contribution >= 4 is 5.69 Å². The molecule has 0 aliphatic heterocycles. The molecule has 0 atom stereocenters. The standard InChI is InChI=1S/C14H16N2/c1-12-7-9-15-11-14(12)16-10-8-13-5-3-2-4-6-13/h2-7,9,11,16H,8,10H2,1H3. The van der Waals surface area contributed by atoms with Gasteiger partial charge in [0.25, 0.3) is 0 Å². The van der Waals surface area contributed by atoms with Gasteiger partial charge in [-0.2, -0.15) is 0 Å². The fraction of sp³-hybridized carbons (Fsp3) is 0.214. The van der Waals surface area contributed by atoms with E-state index in [0.717, 1.165) is 18.7 Å². The molecule has 0 aliphatic rings. The molecule has 2 aromatic rings. The molecule has 2 rings (SSSR count). The van der Waals surface area contributed by atoms with Gasteiger partial charge in [0.2, 0.25) is 0 Å². The molecule has 1 aromatic heterocycles. The zero-order chi connectivity index (χ0) is 11.2. The number of hydrogen-bond donors (Lipinski definition) is 1. The first-order chi connectivity index (χ1) is 7.86. The Labute approximate surface area is 96.4 Å². The number of rotatable bonds is 4. The molecule has 0 fully saturated rings. The zero-order valence-electron chi connectivity index (χ0n) is 9.48. The number of aryl methyl sites for hydroxylation is 1. The average Bonchev–Trinajstić information content (AvgIpc) is 2.33. The first-order valence-corrected chi connectivity index (χ1v) is 5.54. The third-order valence-electron chi connectivity index (χ3n) is 2.61. The van der Waals surface area contributed by atoms with Gasteiger partial charge in [0.1, 0.15) is 0 Å². The molecular weight excluding hydrogens is 196 g/mol. The Bertz CT molecular complexity index is 437. The molecule has 0 amide bonds. The second-order valence-electron chi connectivity index (χ2n) is 3.85. The monoisotopic (exact) mass is 212 g/mol. The van der Waals surface area contributed by atoms with Gasteiger partial charge in [0.15, 0.2) is 0 Å². The second-order valence-corrected chi connectivity index (χ2v) is 3.85. The maximum Gasteiger partial charge on any atom is 0.0556 e. The third kappa shape index (κ3) is 2.83. The minimum Gasteiger partial charge on any atom is -0.383 e. The minimum atomic E-state index is 0.941. The Balaban J connectivity index is 1.87. The van der Waals surface area contributed by atoms with E-state index < -0.39 is 0 Å². The van der Waals surface area contributed by atoms with Crippen LogP contribution in [-0.2, 0) is 6.42 Å². The lowest BCUT2D eigenvalue weighted by molar-refractivity contribution is 1.01. The Kier molecular flexibility index (Phi) is 3.54. The number of benzene rings is 1. The van der Waals surface area contributed by atoms with E-state index in [0.29, 0.717) is 0 Å². The Morgan fingerprint density at radius 3 is 2.69 bits per heavy atom. The molecule has 0 spiro atoms. The van der Waals surface area contributed by atoms with E-state index >= 15 is 0 Å². The molecule has 0 saturated heterocycles.